The summed E-state index contributed by atoms with van der Waals surface area (Å²) in [6, 6.07) is 9.37. The molecule has 0 atom stereocenters. The van der Waals surface area contributed by atoms with Gasteiger partial charge in [-0.2, -0.15) is 5.26 Å². The number of benzene rings is 1. The van der Waals surface area contributed by atoms with Gasteiger partial charge in [-0.05, 0) is 37.1 Å². The van der Waals surface area contributed by atoms with Crippen LogP contribution in [0.25, 0.3) is 0 Å². The molecule has 0 amide bonds. The van der Waals surface area contributed by atoms with Gasteiger partial charge in [0.2, 0.25) is 0 Å². The lowest BCUT2D eigenvalue weighted by molar-refractivity contribution is -0.118. The lowest BCUT2D eigenvalue weighted by Gasteiger charge is -2.18. The maximum absolute atomic E-state index is 11.6. The molecule has 0 aromatic heterocycles. The summed E-state index contributed by atoms with van der Waals surface area (Å²) in [6.07, 6.45) is 2.11. The lowest BCUT2D eigenvalue weighted by Crippen LogP contribution is -2.26. The van der Waals surface area contributed by atoms with Gasteiger partial charge in [0.05, 0.1) is 18.2 Å². The van der Waals surface area contributed by atoms with Crippen molar-refractivity contribution in [2.24, 2.45) is 5.92 Å². The van der Waals surface area contributed by atoms with Crippen LogP contribution in [0, 0.1) is 17.2 Å². The first-order chi connectivity index (χ1) is 7.70. The fourth-order valence-corrected chi connectivity index (χ4v) is 1.65. The van der Waals surface area contributed by atoms with Crippen molar-refractivity contribution in [1.82, 2.24) is 0 Å². The van der Waals surface area contributed by atoms with Gasteiger partial charge in [0.15, 0.2) is 5.78 Å². The molecule has 1 aromatic carbocycles. The second-order valence-corrected chi connectivity index (χ2v) is 4.26. The molecule has 0 aliphatic heterocycles. The largest absolute Gasteiger partial charge is 0.367 e. The highest BCUT2D eigenvalue weighted by molar-refractivity contribution is 5.87. The van der Waals surface area contributed by atoms with Crippen LogP contribution in [0.1, 0.15) is 18.4 Å². The zero-order valence-electron chi connectivity index (χ0n) is 9.31. The molecule has 16 heavy (non-hydrogen) atoms. The van der Waals surface area contributed by atoms with Crippen LogP contribution < -0.4 is 4.90 Å². The van der Waals surface area contributed by atoms with Crippen molar-refractivity contribution in [2.75, 3.05) is 18.5 Å². The Morgan fingerprint density at radius 2 is 2.06 bits per heavy atom. The topological polar surface area (TPSA) is 44.1 Å². The Labute approximate surface area is 95.3 Å². The van der Waals surface area contributed by atoms with Crippen molar-refractivity contribution in [3.8, 4) is 6.07 Å². The Hall–Kier alpha value is -1.82. The minimum Gasteiger partial charge on any atom is -0.367 e. The summed E-state index contributed by atoms with van der Waals surface area (Å²) >= 11 is 0. The summed E-state index contributed by atoms with van der Waals surface area (Å²) in [5.41, 5.74) is 1.62. The number of hydrogen-bond acceptors (Lipinski definition) is 3. The number of carbonyl (C=O) groups excluding carboxylic acids is 1. The van der Waals surface area contributed by atoms with Gasteiger partial charge in [-0.3, -0.25) is 4.79 Å². The highest BCUT2D eigenvalue weighted by Crippen LogP contribution is 2.30. The number of likely N-dealkylation sites (N-methyl/N-ethyl adjacent to an activating group) is 1. The third kappa shape index (κ3) is 2.40. The molecule has 0 saturated heterocycles. The highest BCUT2D eigenvalue weighted by Gasteiger charge is 2.29. The Morgan fingerprint density at radius 1 is 1.44 bits per heavy atom. The molecule has 1 aromatic rings. The molecule has 0 bridgehead atoms. The summed E-state index contributed by atoms with van der Waals surface area (Å²) in [7, 11) is 1.90. The van der Waals surface area contributed by atoms with E-state index in [4.69, 9.17) is 5.26 Å². The maximum Gasteiger partial charge on any atom is 0.155 e. The normalized spacial score (nSPS) is 14.2. The third-order valence-electron chi connectivity index (χ3n) is 2.86. The molecule has 0 radical (unpaired) electrons. The van der Waals surface area contributed by atoms with E-state index in [9.17, 15) is 4.79 Å². The quantitative estimate of drug-likeness (QED) is 0.769. The molecular formula is C13H14N2O. The number of Topliss-reactive ketones (excluding diaryl/α,β-unsaturated/α-hetero) is 1. The number of anilines is 1. The average molecular weight is 214 g/mol. The van der Waals surface area contributed by atoms with Gasteiger partial charge in [0.1, 0.15) is 0 Å². The monoisotopic (exact) mass is 214 g/mol. The molecular weight excluding hydrogens is 200 g/mol. The van der Waals surface area contributed by atoms with Crippen molar-refractivity contribution in [3.05, 3.63) is 29.8 Å². The van der Waals surface area contributed by atoms with Crippen molar-refractivity contribution >= 4 is 11.5 Å². The predicted molar refractivity (Wildman–Crippen MR) is 62.2 cm³/mol. The van der Waals surface area contributed by atoms with Crippen LogP contribution in [-0.4, -0.2) is 19.4 Å². The number of nitrogens with zero attached hydrogens (tertiary/aromatic N) is 2. The minimum atomic E-state index is 0.306. The summed E-state index contributed by atoms with van der Waals surface area (Å²) in [5.74, 6) is 0.632. The van der Waals surface area contributed by atoms with Gasteiger partial charge < -0.3 is 4.90 Å². The van der Waals surface area contributed by atoms with Gasteiger partial charge in [-0.1, -0.05) is 0 Å². The molecule has 3 heteroatoms. The average Bonchev–Trinajstić information content (AvgIpc) is 3.13. The van der Waals surface area contributed by atoms with Crippen LogP contribution >= 0.6 is 0 Å². The second-order valence-electron chi connectivity index (χ2n) is 4.26. The first-order valence-corrected chi connectivity index (χ1v) is 5.44. The van der Waals surface area contributed by atoms with Crippen molar-refractivity contribution in [3.63, 3.8) is 0 Å². The fraction of sp³-hybridized carbons (Fsp3) is 0.385. The van der Waals surface area contributed by atoms with Crippen LogP contribution in [0.2, 0.25) is 0 Å². The molecule has 3 nitrogen and oxygen atoms in total. The molecule has 1 saturated carbocycles. The summed E-state index contributed by atoms with van der Waals surface area (Å²) in [6.45, 7) is 0.469. The smallest absolute Gasteiger partial charge is 0.155 e. The Balaban J connectivity index is 1.99. The van der Waals surface area contributed by atoms with E-state index in [0.29, 0.717) is 23.8 Å². The Bertz CT molecular complexity index is 426. The van der Waals surface area contributed by atoms with Crippen LogP contribution in [0.5, 0.6) is 0 Å². The van der Waals surface area contributed by atoms with Gasteiger partial charge in [-0.15, -0.1) is 0 Å². The zero-order valence-corrected chi connectivity index (χ0v) is 9.31. The number of hydrogen-bond donors (Lipinski definition) is 0. The maximum atomic E-state index is 11.6. The molecule has 1 aliphatic carbocycles. The Kier molecular flexibility index (Phi) is 2.91. The molecule has 1 fully saturated rings. The Morgan fingerprint density at radius 3 is 2.56 bits per heavy atom. The SMILES string of the molecule is CN(CC(=O)C1CC1)c1ccc(C#N)cc1. The fourth-order valence-electron chi connectivity index (χ4n) is 1.65. The van der Waals surface area contributed by atoms with E-state index in [1.54, 1.807) is 12.1 Å². The number of rotatable bonds is 4. The summed E-state index contributed by atoms with van der Waals surface area (Å²) < 4.78 is 0. The third-order valence-corrected chi connectivity index (χ3v) is 2.86. The first-order valence-electron chi connectivity index (χ1n) is 5.44. The molecule has 82 valence electrons. The number of carbonyl (C=O) groups is 1. The number of ketones is 1. The van der Waals surface area contributed by atoms with E-state index in [2.05, 4.69) is 6.07 Å². The molecule has 2 rings (SSSR count). The molecule has 0 heterocycles. The molecule has 1 aliphatic rings. The van der Waals surface area contributed by atoms with E-state index in [1.807, 2.05) is 24.1 Å². The van der Waals surface area contributed by atoms with Crippen LogP contribution in [-0.2, 0) is 4.79 Å². The molecule has 0 unspecified atom stereocenters. The van der Waals surface area contributed by atoms with Crippen LogP contribution in [0.4, 0.5) is 5.69 Å². The summed E-state index contributed by atoms with van der Waals surface area (Å²) in [4.78, 5) is 13.6. The zero-order chi connectivity index (χ0) is 11.5. The lowest BCUT2D eigenvalue weighted by atomic mass is 10.2. The molecule has 0 spiro atoms. The van der Waals surface area contributed by atoms with E-state index >= 15 is 0 Å². The summed E-state index contributed by atoms with van der Waals surface area (Å²) in [5, 5.41) is 8.68. The number of nitriles is 1. The molecule has 0 N–H and O–H groups in total. The van der Waals surface area contributed by atoms with Crippen LogP contribution in [0.15, 0.2) is 24.3 Å². The van der Waals surface area contributed by atoms with E-state index in [-0.39, 0.29) is 0 Å². The van der Waals surface area contributed by atoms with Gasteiger partial charge in [0, 0.05) is 18.7 Å². The van der Waals surface area contributed by atoms with Gasteiger partial charge in [0.25, 0.3) is 0 Å². The van der Waals surface area contributed by atoms with E-state index in [0.717, 1.165) is 18.5 Å². The van der Waals surface area contributed by atoms with Crippen molar-refractivity contribution < 1.29 is 4.79 Å². The first kappa shape index (κ1) is 10.7. The minimum absolute atomic E-state index is 0.306. The van der Waals surface area contributed by atoms with Gasteiger partial charge >= 0.3 is 0 Å². The van der Waals surface area contributed by atoms with Crippen molar-refractivity contribution in [1.29, 1.82) is 5.26 Å². The van der Waals surface area contributed by atoms with Gasteiger partial charge in [-0.25, -0.2) is 0 Å². The highest BCUT2D eigenvalue weighted by atomic mass is 16.1. The van der Waals surface area contributed by atoms with Crippen LogP contribution in [0.3, 0.4) is 0 Å². The van der Waals surface area contributed by atoms with Crippen molar-refractivity contribution in [2.45, 2.75) is 12.8 Å². The standard InChI is InChI=1S/C13H14N2O/c1-15(9-13(16)11-4-5-11)12-6-2-10(8-14)3-7-12/h2-3,6-7,11H,4-5,9H2,1H3. The van der Waals surface area contributed by atoms with E-state index < -0.39 is 0 Å². The predicted octanol–water partition coefficient (Wildman–Crippen LogP) is 1.97. The second kappa shape index (κ2) is 4.36. The van der Waals surface area contributed by atoms with E-state index in [1.165, 1.54) is 0 Å².